The molecule has 0 saturated carbocycles. The molecule has 1 heterocycles. The van der Waals surface area contributed by atoms with E-state index in [4.69, 9.17) is 14.0 Å². The molecule has 0 aromatic rings. The fraction of sp³-hybridized carbons (Fsp3) is 0.778. The lowest BCUT2D eigenvalue weighted by atomic mass is 10.2. The van der Waals surface area contributed by atoms with Gasteiger partial charge in [0.2, 0.25) is 5.79 Å². The molecule has 0 bridgehead atoms. The molecule has 0 aromatic heterocycles. The normalized spacial score (nSPS) is 22.4. The highest BCUT2D eigenvalue weighted by molar-refractivity contribution is 7.86. The Balaban J connectivity index is 2.52. The van der Waals surface area contributed by atoms with E-state index < -0.39 is 52.2 Å². The third-order valence-corrected chi connectivity index (χ3v) is 3.04. The Morgan fingerprint density at radius 2 is 2.05 bits per heavy atom. The summed E-state index contributed by atoms with van der Waals surface area (Å²) >= 11 is 0. The minimum absolute atomic E-state index is 0.718. The van der Waals surface area contributed by atoms with Gasteiger partial charge in [0, 0.05) is 13.8 Å². The minimum atomic E-state index is -5.69. The van der Waals surface area contributed by atoms with Crippen LogP contribution in [0.4, 0.5) is 8.78 Å². The minimum Gasteiger partial charge on any atom is -0.458 e. The third-order valence-electron chi connectivity index (χ3n) is 2.17. The molecule has 1 rings (SSSR count). The highest BCUT2D eigenvalue weighted by atomic mass is 32.2. The van der Waals surface area contributed by atoms with Gasteiger partial charge in [-0.15, -0.1) is 0 Å². The van der Waals surface area contributed by atoms with Crippen molar-refractivity contribution in [1.82, 2.24) is 0 Å². The van der Waals surface area contributed by atoms with Crippen LogP contribution in [0.3, 0.4) is 0 Å². The molecule has 0 spiro atoms. The Bertz CT molecular complexity index is 512. The van der Waals surface area contributed by atoms with Crippen molar-refractivity contribution in [3.05, 3.63) is 0 Å². The number of hydrogen-bond acceptors (Lipinski definition) is 7. The Labute approximate surface area is 112 Å². The zero-order valence-corrected chi connectivity index (χ0v) is 11.3. The molecule has 1 N–H and O–H groups in total. The summed E-state index contributed by atoms with van der Waals surface area (Å²) in [6.07, 6.45) is -2.04. The zero-order chi connectivity index (χ0) is 15.8. The maximum Gasteiger partial charge on any atom is 0.402 e. The van der Waals surface area contributed by atoms with E-state index in [1.807, 2.05) is 0 Å². The molecule has 116 valence electrons. The summed E-state index contributed by atoms with van der Waals surface area (Å²) in [4.78, 5) is 22.5. The molecule has 1 fully saturated rings. The van der Waals surface area contributed by atoms with Gasteiger partial charge in [-0.3, -0.25) is 9.35 Å². The largest absolute Gasteiger partial charge is 0.458 e. The number of cyclic esters (lactones) is 1. The van der Waals surface area contributed by atoms with E-state index in [2.05, 4.69) is 4.74 Å². The fourth-order valence-corrected chi connectivity index (χ4v) is 1.50. The second kappa shape index (κ2) is 5.22. The van der Waals surface area contributed by atoms with Gasteiger partial charge in [-0.25, -0.2) is 4.79 Å². The summed E-state index contributed by atoms with van der Waals surface area (Å²) in [5.74, 6) is -3.41. The molecular formula is C9H12F2O8S. The predicted octanol–water partition coefficient (Wildman–Crippen LogP) is 0.0784. The van der Waals surface area contributed by atoms with Crippen molar-refractivity contribution in [3.8, 4) is 0 Å². The van der Waals surface area contributed by atoms with Crippen LogP contribution >= 0.6 is 0 Å². The first-order valence-corrected chi connectivity index (χ1v) is 6.69. The molecule has 0 aromatic carbocycles. The molecule has 0 amide bonds. The molecule has 1 aliphatic heterocycles. The Hall–Kier alpha value is -1.33. The van der Waals surface area contributed by atoms with Gasteiger partial charge in [0.1, 0.15) is 0 Å². The van der Waals surface area contributed by atoms with Gasteiger partial charge in [0.25, 0.3) is 0 Å². The molecule has 1 unspecified atom stereocenters. The van der Waals surface area contributed by atoms with Crippen LogP contribution in [-0.2, 0) is 33.9 Å². The molecular weight excluding hydrogens is 306 g/mol. The topological polar surface area (TPSA) is 116 Å². The highest BCUT2D eigenvalue weighted by Crippen LogP contribution is 2.26. The maximum absolute atomic E-state index is 12.8. The SMILES string of the molecule is CC1(C)OC(=O)C(CC(=O)OCC(F)(F)S(=O)(=O)O)O1. The average molecular weight is 318 g/mol. The summed E-state index contributed by atoms with van der Waals surface area (Å²) < 4.78 is 68.0. The van der Waals surface area contributed by atoms with Crippen LogP contribution in [0.5, 0.6) is 0 Å². The molecule has 1 aliphatic rings. The third kappa shape index (κ3) is 4.08. The lowest BCUT2D eigenvalue weighted by molar-refractivity contribution is -0.162. The molecule has 1 atom stereocenters. The average Bonchev–Trinajstić information content (AvgIpc) is 2.47. The number of esters is 2. The monoisotopic (exact) mass is 318 g/mol. The Morgan fingerprint density at radius 3 is 2.45 bits per heavy atom. The number of carbonyl (C=O) groups excluding carboxylic acids is 2. The standard InChI is InChI=1S/C9H12F2O8S/c1-8(2)18-5(7(13)19-8)3-6(12)17-4-9(10,11)20(14,15)16/h5H,3-4H2,1-2H3,(H,14,15,16). The summed E-state index contributed by atoms with van der Waals surface area (Å²) in [5.41, 5.74) is 0. The van der Waals surface area contributed by atoms with Gasteiger partial charge in [0.05, 0.1) is 6.42 Å². The molecule has 11 heteroatoms. The number of hydrogen-bond donors (Lipinski definition) is 1. The van der Waals surface area contributed by atoms with Crippen molar-refractivity contribution >= 4 is 22.1 Å². The van der Waals surface area contributed by atoms with Crippen LogP contribution < -0.4 is 0 Å². The second-order valence-electron chi connectivity index (χ2n) is 4.40. The smallest absolute Gasteiger partial charge is 0.402 e. The first-order valence-electron chi connectivity index (χ1n) is 5.25. The molecule has 0 aliphatic carbocycles. The van der Waals surface area contributed by atoms with E-state index in [-0.39, 0.29) is 0 Å². The van der Waals surface area contributed by atoms with E-state index in [9.17, 15) is 26.8 Å². The van der Waals surface area contributed by atoms with Gasteiger partial charge in [-0.2, -0.15) is 17.2 Å². The van der Waals surface area contributed by atoms with Crippen molar-refractivity contribution < 1.29 is 45.6 Å². The van der Waals surface area contributed by atoms with Crippen LogP contribution in [-0.4, -0.2) is 48.7 Å². The lowest BCUT2D eigenvalue weighted by Gasteiger charge is -2.15. The van der Waals surface area contributed by atoms with Crippen LogP contribution in [0, 0.1) is 0 Å². The van der Waals surface area contributed by atoms with Crippen molar-refractivity contribution in [3.63, 3.8) is 0 Å². The number of halogens is 2. The number of rotatable bonds is 5. The first-order chi connectivity index (χ1) is 8.84. The first kappa shape index (κ1) is 16.7. The van der Waals surface area contributed by atoms with Crippen LogP contribution in [0.1, 0.15) is 20.3 Å². The Kier molecular flexibility index (Phi) is 4.36. The van der Waals surface area contributed by atoms with E-state index in [0.717, 1.165) is 0 Å². The quantitative estimate of drug-likeness (QED) is 0.559. The predicted molar refractivity (Wildman–Crippen MR) is 57.1 cm³/mol. The van der Waals surface area contributed by atoms with E-state index in [1.165, 1.54) is 13.8 Å². The van der Waals surface area contributed by atoms with Gasteiger partial charge in [-0.1, -0.05) is 0 Å². The van der Waals surface area contributed by atoms with Crippen molar-refractivity contribution in [1.29, 1.82) is 0 Å². The number of carbonyl (C=O) groups is 2. The maximum atomic E-state index is 12.8. The van der Waals surface area contributed by atoms with Gasteiger partial charge in [-0.05, 0) is 0 Å². The van der Waals surface area contributed by atoms with Crippen LogP contribution in [0.25, 0.3) is 0 Å². The Morgan fingerprint density at radius 1 is 1.50 bits per heavy atom. The van der Waals surface area contributed by atoms with E-state index in [1.54, 1.807) is 0 Å². The van der Waals surface area contributed by atoms with Crippen LogP contribution in [0.15, 0.2) is 0 Å². The van der Waals surface area contributed by atoms with Crippen molar-refractivity contribution in [2.24, 2.45) is 0 Å². The molecule has 8 nitrogen and oxygen atoms in total. The lowest BCUT2D eigenvalue weighted by Crippen LogP contribution is -2.35. The van der Waals surface area contributed by atoms with E-state index in [0.29, 0.717) is 0 Å². The van der Waals surface area contributed by atoms with Gasteiger partial charge >= 0.3 is 27.3 Å². The van der Waals surface area contributed by atoms with Gasteiger partial charge < -0.3 is 14.2 Å². The van der Waals surface area contributed by atoms with Crippen molar-refractivity contribution in [2.75, 3.05) is 6.61 Å². The molecule has 20 heavy (non-hydrogen) atoms. The summed E-state index contributed by atoms with van der Waals surface area (Å²) in [6, 6.07) is 0. The fourth-order valence-electron chi connectivity index (χ4n) is 1.30. The number of ether oxygens (including phenoxy) is 3. The van der Waals surface area contributed by atoms with E-state index >= 15 is 0 Å². The van der Waals surface area contributed by atoms with Gasteiger partial charge in [0.15, 0.2) is 12.7 Å². The second-order valence-corrected chi connectivity index (χ2v) is 5.95. The molecule has 1 saturated heterocycles. The zero-order valence-electron chi connectivity index (χ0n) is 10.5. The highest BCUT2D eigenvalue weighted by Gasteiger charge is 2.46. The number of alkyl halides is 2. The van der Waals surface area contributed by atoms with Crippen molar-refractivity contribution in [2.45, 2.75) is 37.4 Å². The molecule has 0 radical (unpaired) electrons. The summed E-state index contributed by atoms with van der Waals surface area (Å²) in [7, 11) is -5.69. The van der Waals surface area contributed by atoms with Crippen LogP contribution in [0.2, 0.25) is 0 Å². The summed E-state index contributed by atoms with van der Waals surface area (Å²) in [6.45, 7) is 0.946. The summed E-state index contributed by atoms with van der Waals surface area (Å²) in [5, 5.41) is -4.63.